The summed E-state index contributed by atoms with van der Waals surface area (Å²) in [7, 11) is 0. The first-order valence-electron chi connectivity index (χ1n) is 6.90. The summed E-state index contributed by atoms with van der Waals surface area (Å²) < 4.78 is 3.62. The number of benzene rings is 3. The Morgan fingerprint density at radius 1 is 0.476 bits per heavy atom. The van der Waals surface area contributed by atoms with Gasteiger partial charge in [-0.2, -0.15) is 0 Å². The van der Waals surface area contributed by atoms with E-state index in [1.807, 2.05) is 0 Å². The van der Waals surface area contributed by atoms with E-state index in [-0.39, 0.29) is 0 Å². The normalized spacial score (nSPS) is 10.7. The van der Waals surface area contributed by atoms with E-state index in [4.69, 9.17) is 0 Å². The maximum atomic E-state index is 2.28. The molecule has 21 heavy (non-hydrogen) atoms. The van der Waals surface area contributed by atoms with Crippen LogP contribution >= 0.6 is 0 Å². The molecule has 0 unspecified atom stereocenters. The van der Waals surface area contributed by atoms with Crippen LogP contribution in [-0.2, 0) is 0 Å². The van der Waals surface area contributed by atoms with E-state index < -0.39 is 0 Å². The van der Waals surface area contributed by atoms with Crippen molar-refractivity contribution in [2.75, 3.05) is 0 Å². The fraction of sp³-hybridized carbons (Fsp3) is 0.0526. The average molecular weight is 402 g/mol. The monoisotopic (exact) mass is 404 g/mol. The second-order valence-electron chi connectivity index (χ2n) is 4.60. The van der Waals surface area contributed by atoms with Gasteiger partial charge in [-0.1, -0.05) is 0 Å². The van der Waals surface area contributed by atoms with E-state index in [9.17, 15) is 0 Å². The van der Waals surface area contributed by atoms with E-state index in [1.54, 1.807) is 0 Å². The molecule has 3 rings (SSSR count). The fourth-order valence-corrected chi connectivity index (χ4v) is 8.65. The molecule has 3 aromatic rings. The summed E-state index contributed by atoms with van der Waals surface area (Å²) in [6.45, 7) is 0. The van der Waals surface area contributed by atoms with Gasteiger partial charge in [-0.3, -0.25) is 0 Å². The molecule has 0 saturated carbocycles. The standard InChI is InChI=1S/C19H16Se2/c1-4-10-16(11-5-1)19(20-17-12-6-2-7-13-17)21-18-14-8-3-9-15-18/h1-15,19H. The fourth-order valence-electron chi connectivity index (χ4n) is 2.02. The van der Waals surface area contributed by atoms with E-state index in [0.29, 0.717) is 33.6 Å². The zero-order valence-electron chi connectivity index (χ0n) is 11.6. The molecule has 0 amide bonds. The zero-order chi connectivity index (χ0) is 14.3. The van der Waals surface area contributed by atoms with Crippen LogP contribution in [0.1, 0.15) is 9.28 Å². The topological polar surface area (TPSA) is 0 Å². The van der Waals surface area contributed by atoms with Crippen molar-refractivity contribution in [2.24, 2.45) is 0 Å². The molecule has 104 valence electrons. The van der Waals surface area contributed by atoms with Crippen molar-refractivity contribution < 1.29 is 0 Å². The second kappa shape index (κ2) is 7.63. The molecule has 0 aliphatic rings. The Balaban J connectivity index is 1.84. The third kappa shape index (κ3) is 4.33. The molecule has 0 aliphatic heterocycles. The molecule has 0 nitrogen and oxygen atoms in total. The predicted molar refractivity (Wildman–Crippen MR) is 92.8 cm³/mol. The number of hydrogen-bond acceptors (Lipinski definition) is 0. The summed E-state index contributed by atoms with van der Waals surface area (Å²) in [6.07, 6.45) is 0. The van der Waals surface area contributed by atoms with E-state index in [0.717, 1.165) is 0 Å². The van der Waals surface area contributed by atoms with Crippen LogP contribution in [0.25, 0.3) is 0 Å². The second-order valence-corrected chi connectivity index (χ2v) is 11.1. The van der Waals surface area contributed by atoms with Crippen molar-refractivity contribution in [1.82, 2.24) is 0 Å². The molecule has 0 heterocycles. The molecule has 0 spiro atoms. The SMILES string of the molecule is c1ccc([Se]C([Se]c2ccccc2)c2ccccc2)cc1. The first kappa shape index (κ1) is 14.6. The third-order valence-electron chi connectivity index (χ3n) is 3.04. The van der Waals surface area contributed by atoms with Gasteiger partial charge in [0.15, 0.2) is 0 Å². The summed E-state index contributed by atoms with van der Waals surface area (Å²) in [5.41, 5.74) is 1.48. The van der Waals surface area contributed by atoms with Crippen molar-refractivity contribution >= 4 is 38.8 Å². The molecule has 3 aromatic carbocycles. The van der Waals surface area contributed by atoms with Crippen molar-refractivity contribution in [3.63, 3.8) is 0 Å². The zero-order valence-corrected chi connectivity index (χ0v) is 15.0. The van der Waals surface area contributed by atoms with Crippen LogP contribution in [0.15, 0.2) is 91.0 Å². The third-order valence-corrected chi connectivity index (χ3v) is 9.47. The van der Waals surface area contributed by atoms with Gasteiger partial charge in [0.2, 0.25) is 0 Å². The number of hydrogen-bond donors (Lipinski definition) is 0. The molecule has 0 fully saturated rings. The van der Waals surface area contributed by atoms with E-state index >= 15 is 0 Å². The van der Waals surface area contributed by atoms with Crippen LogP contribution in [0, 0.1) is 0 Å². The quantitative estimate of drug-likeness (QED) is 0.576. The maximum absolute atomic E-state index is 2.28. The molecular formula is C19H16Se2. The Morgan fingerprint density at radius 2 is 0.857 bits per heavy atom. The van der Waals surface area contributed by atoms with Crippen molar-refractivity contribution in [2.45, 2.75) is 3.71 Å². The Morgan fingerprint density at radius 3 is 1.29 bits per heavy atom. The van der Waals surface area contributed by atoms with Crippen molar-refractivity contribution in [3.05, 3.63) is 96.6 Å². The Kier molecular flexibility index (Phi) is 5.32. The number of rotatable bonds is 5. The summed E-state index contributed by atoms with van der Waals surface area (Å²) in [5, 5.41) is 0. The molecule has 0 atom stereocenters. The van der Waals surface area contributed by atoms with Crippen LogP contribution in [-0.4, -0.2) is 29.9 Å². The van der Waals surface area contributed by atoms with Crippen LogP contribution < -0.4 is 8.92 Å². The van der Waals surface area contributed by atoms with Crippen LogP contribution in [0.2, 0.25) is 0 Å². The van der Waals surface area contributed by atoms with Crippen molar-refractivity contribution in [3.8, 4) is 0 Å². The molecule has 0 bridgehead atoms. The summed E-state index contributed by atoms with van der Waals surface area (Å²) in [4.78, 5) is 0. The van der Waals surface area contributed by atoms with Gasteiger partial charge in [0.05, 0.1) is 0 Å². The Hall–Kier alpha value is -1.30. The summed E-state index contributed by atoms with van der Waals surface area (Å²) in [5.74, 6) is 0. The van der Waals surface area contributed by atoms with Gasteiger partial charge in [0.1, 0.15) is 0 Å². The summed E-state index contributed by atoms with van der Waals surface area (Å²) in [6, 6.07) is 32.8. The predicted octanol–water partition coefficient (Wildman–Crippen LogP) is 2.74. The van der Waals surface area contributed by atoms with E-state index in [1.165, 1.54) is 14.5 Å². The molecule has 0 radical (unpaired) electrons. The molecule has 0 aliphatic carbocycles. The van der Waals surface area contributed by atoms with Gasteiger partial charge in [0, 0.05) is 0 Å². The average Bonchev–Trinajstić information content (AvgIpc) is 2.57. The van der Waals surface area contributed by atoms with Gasteiger partial charge < -0.3 is 0 Å². The van der Waals surface area contributed by atoms with Gasteiger partial charge in [0.25, 0.3) is 0 Å². The van der Waals surface area contributed by atoms with Gasteiger partial charge >= 0.3 is 139 Å². The minimum atomic E-state index is 0.471. The Labute approximate surface area is 138 Å². The van der Waals surface area contributed by atoms with Gasteiger partial charge in [-0.05, 0) is 0 Å². The Bertz CT molecular complexity index is 609. The van der Waals surface area contributed by atoms with E-state index in [2.05, 4.69) is 91.0 Å². The van der Waals surface area contributed by atoms with Crippen LogP contribution in [0.5, 0.6) is 0 Å². The molecule has 0 N–H and O–H groups in total. The summed E-state index contributed by atoms with van der Waals surface area (Å²) >= 11 is 0.941. The molecule has 0 aromatic heterocycles. The molecular weight excluding hydrogens is 386 g/mol. The van der Waals surface area contributed by atoms with Crippen LogP contribution in [0.4, 0.5) is 0 Å². The molecule has 0 saturated heterocycles. The first-order valence-corrected chi connectivity index (χ1v) is 10.6. The van der Waals surface area contributed by atoms with Gasteiger partial charge in [-0.15, -0.1) is 0 Å². The molecule has 2 heteroatoms. The van der Waals surface area contributed by atoms with Gasteiger partial charge in [-0.25, -0.2) is 0 Å². The van der Waals surface area contributed by atoms with Crippen molar-refractivity contribution in [1.29, 1.82) is 0 Å². The van der Waals surface area contributed by atoms with Crippen LogP contribution in [0.3, 0.4) is 0 Å². The minimum absolute atomic E-state index is 0.471. The first-order chi connectivity index (χ1) is 10.4.